The Balaban J connectivity index is 1.79. The summed E-state index contributed by atoms with van der Waals surface area (Å²) in [6.07, 6.45) is 0.289. The van der Waals surface area contributed by atoms with Crippen LogP contribution in [0.15, 0.2) is 36.4 Å². The minimum absolute atomic E-state index is 0.264. The predicted octanol–water partition coefficient (Wildman–Crippen LogP) is 4.64. The predicted molar refractivity (Wildman–Crippen MR) is 103 cm³/mol. The first-order valence-electron chi connectivity index (χ1n) is 7.62. The second kappa shape index (κ2) is 9.09. The van der Waals surface area contributed by atoms with E-state index >= 15 is 0 Å². The van der Waals surface area contributed by atoms with Crippen LogP contribution in [0, 0.1) is 6.92 Å². The fraction of sp³-hybridized carbons (Fsp3) is 0.222. The van der Waals surface area contributed by atoms with Gasteiger partial charge < -0.3 is 10.6 Å². The normalized spacial score (nSPS) is 10.4. The van der Waals surface area contributed by atoms with Crippen LogP contribution in [0.4, 0.5) is 5.69 Å². The minimum Gasteiger partial charge on any atom is -0.355 e. The van der Waals surface area contributed by atoms with Crippen molar-refractivity contribution in [3.8, 4) is 0 Å². The van der Waals surface area contributed by atoms with Gasteiger partial charge in [0.25, 0.3) is 0 Å². The van der Waals surface area contributed by atoms with Crippen molar-refractivity contribution >= 4 is 52.3 Å². The van der Waals surface area contributed by atoms with E-state index in [4.69, 9.17) is 34.8 Å². The first-order valence-corrected chi connectivity index (χ1v) is 8.75. The van der Waals surface area contributed by atoms with Crippen LogP contribution in [-0.4, -0.2) is 18.4 Å². The van der Waals surface area contributed by atoms with Gasteiger partial charge >= 0.3 is 0 Å². The average molecular weight is 400 g/mol. The van der Waals surface area contributed by atoms with Crippen molar-refractivity contribution in [2.75, 3.05) is 11.9 Å². The number of amides is 2. The Labute approximate surface area is 161 Å². The van der Waals surface area contributed by atoms with Crippen molar-refractivity contribution in [3.05, 3.63) is 62.6 Å². The molecular formula is C18H17Cl3N2O2. The molecule has 25 heavy (non-hydrogen) atoms. The Morgan fingerprint density at radius 1 is 0.960 bits per heavy atom. The Morgan fingerprint density at radius 2 is 1.64 bits per heavy atom. The molecule has 7 heteroatoms. The summed E-state index contributed by atoms with van der Waals surface area (Å²) in [6, 6.07) is 10.4. The van der Waals surface area contributed by atoms with Crippen LogP contribution in [0.3, 0.4) is 0 Å². The van der Waals surface area contributed by atoms with Crippen molar-refractivity contribution in [2.45, 2.75) is 19.8 Å². The van der Waals surface area contributed by atoms with E-state index in [-0.39, 0.29) is 12.3 Å². The van der Waals surface area contributed by atoms with E-state index in [0.29, 0.717) is 33.7 Å². The van der Waals surface area contributed by atoms with Gasteiger partial charge in [-0.1, -0.05) is 46.9 Å². The highest BCUT2D eigenvalue weighted by molar-refractivity contribution is 6.35. The number of benzene rings is 2. The lowest BCUT2D eigenvalue weighted by Gasteiger charge is -2.10. The van der Waals surface area contributed by atoms with E-state index < -0.39 is 5.91 Å². The maximum Gasteiger partial charge on any atom is 0.233 e. The minimum atomic E-state index is -0.396. The molecule has 0 saturated heterocycles. The molecule has 2 N–H and O–H groups in total. The van der Waals surface area contributed by atoms with Gasteiger partial charge in [-0.15, -0.1) is 0 Å². The molecule has 0 spiro atoms. The SMILES string of the molecule is Cc1ccc(Cl)cc1NC(=O)CC(=O)NCCc1ccc(Cl)cc1Cl. The number of rotatable bonds is 6. The van der Waals surface area contributed by atoms with Crippen LogP contribution < -0.4 is 10.6 Å². The number of carbonyl (C=O) groups is 2. The smallest absolute Gasteiger partial charge is 0.233 e. The number of anilines is 1. The molecule has 4 nitrogen and oxygen atoms in total. The summed E-state index contributed by atoms with van der Waals surface area (Å²) in [6.45, 7) is 2.23. The maximum absolute atomic E-state index is 12.0. The highest BCUT2D eigenvalue weighted by atomic mass is 35.5. The van der Waals surface area contributed by atoms with Crippen molar-refractivity contribution in [2.24, 2.45) is 0 Å². The zero-order valence-corrected chi connectivity index (χ0v) is 15.8. The Morgan fingerprint density at radius 3 is 2.36 bits per heavy atom. The van der Waals surface area contributed by atoms with Crippen molar-refractivity contribution in [3.63, 3.8) is 0 Å². The third-order valence-corrected chi connectivity index (χ3v) is 4.35. The van der Waals surface area contributed by atoms with Crippen LogP contribution in [0.2, 0.25) is 15.1 Å². The molecule has 2 aromatic carbocycles. The van der Waals surface area contributed by atoms with Crippen LogP contribution in [0.25, 0.3) is 0 Å². The van der Waals surface area contributed by atoms with E-state index in [2.05, 4.69) is 10.6 Å². The second-order valence-corrected chi connectivity index (χ2v) is 6.80. The molecule has 2 rings (SSSR count). The van der Waals surface area contributed by atoms with E-state index in [1.807, 2.05) is 13.0 Å². The topological polar surface area (TPSA) is 58.2 Å². The van der Waals surface area contributed by atoms with Crippen molar-refractivity contribution < 1.29 is 9.59 Å². The maximum atomic E-state index is 12.0. The highest BCUT2D eigenvalue weighted by Gasteiger charge is 2.11. The van der Waals surface area contributed by atoms with Gasteiger partial charge in [0, 0.05) is 27.3 Å². The molecule has 0 aliphatic heterocycles. The van der Waals surface area contributed by atoms with E-state index in [0.717, 1.165) is 11.1 Å². The summed E-state index contributed by atoms with van der Waals surface area (Å²) in [5.74, 6) is -0.755. The summed E-state index contributed by atoms with van der Waals surface area (Å²) < 4.78 is 0. The Hall–Kier alpha value is -1.75. The summed E-state index contributed by atoms with van der Waals surface area (Å²) in [7, 11) is 0. The Kier molecular flexibility index (Phi) is 7.12. The monoisotopic (exact) mass is 398 g/mol. The zero-order chi connectivity index (χ0) is 18.4. The second-order valence-electron chi connectivity index (χ2n) is 5.52. The molecule has 0 atom stereocenters. The van der Waals surface area contributed by atoms with Crippen molar-refractivity contribution in [1.29, 1.82) is 0 Å². The van der Waals surface area contributed by atoms with E-state index in [1.165, 1.54) is 0 Å². The lowest BCUT2D eigenvalue weighted by molar-refractivity contribution is -0.126. The van der Waals surface area contributed by atoms with Gasteiger partial charge in [-0.05, 0) is 48.7 Å². The van der Waals surface area contributed by atoms with Gasteiger partial charge in [0.2, 0.25) is 11.8 Å². The van der Waals surface area contributed by atoms with Crippen LogP contribution in [-0.2, 0) is 16.0 Å². The number of halogens is 3. The molecule has 0 unspecified atom stereocenters. The first-order chi connectivity index (χ1) is 11.8. The molecule has 2 amide bonds. The van der Waals surface area contributed by atoms with Gasteiger partial charge in [-0.3, -0.25) is 9.59 Å². The summed E-state index contributed by atoms with van der Waals surface area (Å²) in [5, 5.41) is 7.01. The third-order valence-electron chi connectivity index (χ3n) is 3.53. The van der Waals surface area contributed by atoms with E-state index in [1.54, 1.807) is 30.3 Å². The number of aryl methyl sites for hydroxylation is 1. The molecule has 0 saturated carbocycles. The lowest BCUT2D eigenvalue weighted by atomic mass is 10.1. The van der Waals surface area contributed by atoms with Crippen LogP contribution >= 0.6 is 34.8 Å². The molecule has 0 fully saturated rings. The molecule has 0 aliphatic carbocycles. The van der Waals surface area contributed by atoms with Gasteiger partial charge in [-0.2, -0.15) is 0 Å². The molecule has 0 aliphatic rings. The lowest BCUT2D eigenvalue weighted by Crippen LogP contribution is -2.29. The third kappa shape index (κ3) is 6.24. The Bertz CT molecular complexity index is 794. The number of carbonyl (C=O) groups excluding carboxylic acids is 2. The fourth-order valence-electron chi connectivity index (χ4n) is 2.19. The van der Waals surface area contributed by atoms with Gasteiger partial charge in [0.15, 0.2) is 0 Å². The molecule has 0 aromatic heterocycles. The fourth-order valence-corrected chi connectivity index (χ4v) is 2.87. The summed E-state index contributed by atoms with van der Waals surface area (Å²) in [5.41, 5.74) is 2.35. The van der Waals surface area contributed by atoms with Gasteiger partial charge in [-0.25, -0.2) is 0 Å². The van der Waals surface area contributed by atoms with Crippen LogP contribution in [0.5, 0.6) is 0 Å². The summed E-state index contributed by atoms with van der Waals surface area (Å²) >= 11 is 17.8. The zero-order valence-electron chi connectivity index (χ0n) is 13.5. The molecular weight excluding hydrogens is 383 g/mol. The quantitative estimate of drug-likeness (QED) is 0.695. The van der Waals surface area contributed by atoms with Gasteiger partial charge in [0.1, 0.15) is 6.42 Å². The van der Waals surface area contributed by atoms with Crippen LogP contribution in [0.1, 0.15) is 17.5 Å². The summed E-state index contributed by atoms with van der Waals surface area (Å²) in [4.78, 5) is 23.8. The number of hydrogen-bond acceptors (Lipinski definition) is 2. The molecule has 0 bridgehead atoms. The number of nitrogens with one attached hydrogen (secondary N) is 2. The number of hydrogen-bond donors (Lipinski definition) is 2. The largest absolute Gasteiger partial charge is 0.355 e. The molecule has 0 heterocycles. The molecule has 2 aromatic rings. The highest BCUT2D eigenvalue weighted by Crippen LogP contribution is 2.21. The van der Waals surface area contributed by atoms with Gasteiger partial charge in [0.05, 0.1) is 0 Å². The van der Waals surface area contributed by atoms with E-state index in [9.17, 15) is 9.59 Å². The van der Waals surface area contributed by atoms with Crippen molar-refractivity contribution in [1.82, 2.24) is 5.32 Å². The molecule has 0 radical (unpaired) electrons. The molecule has 132 valence electrons. The standard InChI is InChI=1S/C18H17Cl3N2O2/c1-11-2-4-14(20)9-16(11)23-18(25)10-17(24)22-7-6-12-3-5-13(19)8-15(12)21/h2-5,8-9H,6-7,10H2,1H3,(H,22,24)(H,23,25). The average Bonchev–Trinajstić information content (AvgIpc) is 2.53. The first kappa shape index (κ1) is 19.6.